The first-order valence-corrected chi connectivity index (χ1v) is 6.41. The van der Waals surface area contributed by atoms with Crippen LogP contribution < -0.4 is 5.32 Å². The van der Waals surface area contributed by atoms with Gasteiger partial charge in [-0.05, 0) is 11.6 Å². The zero-order valence-electron chi connectivity index (χ0n) is 11.2. The maximum Gasteiger partial charge on any atom is 0.112 e. The van der Waals surface area contributed by atoms with Crippen molar-refractivity contribution in [3.05, 3.63) is 42.2 Å². The fourth-order valence-electron chi connectivity index (χ4n) is 1.91. The van der Waals surface area contributed by atoms with Crippen LogP contribution in [-0.2, 0) is 13.0 Å². The minimum absolute atomic E-state index is 0.472. The Morgan fingerprint density at radius 2 is 2.17 bits per heavy atom. The Hall–Kier alpha value is -1.68. The number of aryl methyl sites for hydroxylation is 1. The number of nitrogens with zero attached hydrogens (tertiary/aromatic N) is 3. The van der Waals surface area contributed by atoms with Crippen molar-refractivity contribution in [2.45, 2.75) is 39.8 Å². The quantitative estimate of drug-likeness (QED) is 0.877. The summed E-state index contributed by atoms with van der Waals surface area (Å²) >= 11 is 0. The minimum Gasteiger partial charge on any atom is -0.310 e. The Bertz CT molecular complexity index is 502. The first-order chi connectivity index (χ1) is 8.72. The van der Waals surface area contributed by atoms with Crippen LogP contribution in [0.15, 0.2) is 30.9 Å². The van der Waals surface area contributed by atoms with Gasteiger partial charge in [0.05, 0.1) is 11.9 Å². The van der Waals surface area contributed by atoms with E-state index in [4.69, 9.17) is 0 Å². The number of hydrogen-bond donors (Lipinski definition) is 1. The van der Waals surface area contributed by atoms with Crippen LogP contribution in [0, 0.1) is 0 Å². The summed E-state index contributed by atoms with van der Waals surface area (Å²) in [5.41, 5.74) is 2.35. The summed E-state index contributed by atoms with van der Waals surface area (Å²) in [7, 11) is 0. The van der Waals surface area contributed by atoms with E-state index in [1.807, 2.05) is 24.8 Å². The Morgan fingerprint density at radius 1 is 1.33 bits per heavy atom. The van der Waals surface area contributed by atoms with Gasteiger partial charge in [0, 0.05) is 37.6 Å². The largest absolute Gasteiger partial charge is 0.310 e. The third-order valence-corrected chi connectivity index (χ3v) is 2.88. The highest BCUT2D eigenvalue weighted by molar-refractivity contribution is 5.39. The number of rotatable bonds is 5. The van der Waals surface area contributed by atoms with Crippen LogP contribution >= 0.6 is 0 Å². The fraction of sp³-hybridized carbons (Fsp3) is 0.429. The van der Waals surface area contributed by atoms with E-state index in [0.29, 0.717) is 6.04 Å². The highest BCUT2D eigenvalue weighted by Gasteiger charge is 2.08. The highest BCUT2D eigenvalue weighted by atomic mass is 15.1. The van der Waals surface area contributed by atoms with Gasteiger partial charge in [-0.2, -0.15) is 0 Å². The first-order valence-electron chi connectivity index (χ1n) is 6.41. The van der Waals surface area contributed by atoms with Crippen molar-refractivity contribution in [2.75, 3.05) is 0 Å². The number of hydrogen-bond acceptors (Lipinski definition) is 3. The molecule has 0 aliphatic carbocycles. The van der Waals surface area contributed by atoms with Crippen molar-refractivity contribution in [3.8, 4) is 5.69 Å². The third kappa shape index (κ3) is 2.76. The molecule has 0 saturated carbocycles. The molecule has 1 N–H and O–H groups in total. The molecule has 0 aromatic carbocycles. The van der Waals surface area contributed by atoms with E-state index < -0.39 is 0 Å². The Morgan fingerprint density at radius 3 is 2.89 bits per heavy atom. The van der Waals surface area contributed by atoms with Gasteiger partial charge < -0.3 is 9.88 Å². The fourth-order valence-corrected chi connectivity index (χ4v) is 1.91. The SMILES string of the molecule is CCc1nccn1-c1cnccc1CNC(C)C. The van der Waals surface area contributed by atoms with Crippen LogP contribution in [0.1, 0.15) is 32.2 Å². The van der Waals surface area contributed by atoms with Gasteiger partial charge in [0.1, 0.15) is 5.82 Å². The van der Waals surface area contributed by atoms with Gasteiger partial charge in [-0.1, -0.05) is 20.8 Å². The normalized spacial score (nSPS) is 11.1. The first kappa shape index (κ1) is 12.8. The predicted molar refractivity (Wildman–Crippen MR) is 72.7 cm³/mol. The molecule has 0 atom stereocenters. The molecule has 4 heteroatoms. The molecule has 2 aromatic rings. The maximum absolute atomic E-state index is 4.36. The number of imidazole rings is 1. The minimum atomic E-state index is 0.472. The van der Waals surface area contributed by atoms with Gasteiger partial charge in [0.15, 0.2) is 0 Å². The van der Waals surface area contributed by atoms with Crippen molar-refractivity contribution in [2.24, 2.45) is 0 Å². The molecule has 0 radical (unpaired) electrons. The smallest absolute Gasteiger partial charge is 0.112 e. The molecule has 0 aliphatic rings. The second-order valence-electron chi connectivity index (χ2n) is 4.61. The predicted octanol–water partition coefficient (Wildman–Crippen LogP) is 2.33. The summed E-state index contributed by atoms with van der Waals surface area (Å²) < 4.78 is 2.12. The highest BCUT2D eigenvalue weighted by Crippen LogP contribution is 2.15. The van der Waals surface area contributed by atoms with Crippen LogP contribution in [0.4, 0.5) is 0 Å². The van der Waals surface area contributed by atoms with E-state index >= 15 is 0 Å². The van der Waals surface area contributed by atoms with Crippen LogP contribution in [0.5, 0.6) is 0 Å². The summed E-state index contributed by atoms with van der Waals surface area (Å²) in [5, 5.41) is 3.44. The van der Waals surface area contributed by atoms with Crippen LogP contribution in [0.25, 0.3) is 5.69 Å². The zero-order chi connectivity index (χ0) is 13.0. The van der Waals surface area contributed by atoms with Gasteiger partial charge in [0.2, 0.25) is 0 Å². The molecular weight excluding hydrogens is 224 g/mol. The lowest BCUT2D eigenvalue weighted by Gasteiger charge is -2.14. The molecule has 0 unspecified atom stereocenters. The summed E-state index contributed by atoms with van der Waals surface area (Å²) in [5.74, 6) is 1.06. The van der Waals surface area contributed by atoms with Gasteiger partial charge in [-0.15, -0.1) is 0 Å². The van der Waals surface area contributed by atoms with Crippen molar-refractivity contribution in [1.82, 2.24) is 19.9 Å². The Kier molecular flexibility index (Phi) is 4.10. The zero-order valence-corrected chi connectivity index (χ0v) is 11.2. The summed E-state index contributed by atoms with van der Waals surface area (Å²) in [6, 6.07) is 2.53. The molecule has 96 valence electrons. The third-order valence-electron chi connectivity index (χ3n) is 2.88. The van der Waals surface area contributed by atoms with Crippen molar-refractivity contribution < 1.29 is 0 Å². The molecular formula is C14H20N4. The number of pyridine rings is 1. The van der Waals surface area contributed by atoms with Gasteiger partial charge >= 0.3 is 0 Å². The molecule has 18 heavy (non-hydrogen) atoms. The Labute approximate surface area is 108 Å². The number of aromatic nitrogens is 3. The standard InChI is InChI=1S/C14H20N4/c1-4-14-16-7-8-18(14)13-10-15-6-5-12(13)9-17-11(2)3/h5-8,10-11,17H,4,9H2,1-3H3. The summed E-state index contributed by atoms with van der Waals surface area (Å²) in [6.07, 6.45) is 8.49. The average molecular weight is 244 g/mol. The average Bonchev–Trinajstić information content (AvgIpc) is 2.84. The second kappa shape index (κ2) is 5.78. The number of nitrogens with one attached hydrogen (secondary N) is 1. The lowest BCUT2D eigenvalue weighted by Crippen LogP contribution is -2.22. The maximum atomic E-state index is 4.36. The van der Waals surface area contributed by atoms with E-state index in [0.717, 1.165) is 24.5 Å². The van der Waals surface area contributed by atoms with E-state index in [1.54, 1.807) is 0 Å². The van der Waals surface area contributed by atoms with E-state index in [9.17, 15) is 0 Å². The lowest BCUT2D eigenvalue weighted by atomic mass is 10.2. The molecule has 2 rings (SSSR count). The van der Waals surface area contributed by atoms with Crippen molar-refractivity contribution in [1.29, 1.82) is 0 Å². The van der Waals surface area contributed by atoms with Crippen LogP contribution in [0.2, 0.25) is 0 Å². The van der Waals surface area contributed by atoms with E-state index in [-0.39, 0.29) is 0 Å². The van der Waals surface area contributed by atoms with Crippen LogP contribution in [0.3, 0.4) is 0 Å². The molecule has 0 fully saturated rings. The Balaban J connectivity index is 2.32. The van der Waals surface area contributed by atoms with Gasteiger partial charge in [-0.3, -0.25) is 4.98 Å². The van der Waals surface area contributed by atoms with Gasteiger partial charge in [-0.25, -0.2) is 4.98 Å². The van der Waals surface area contributed by atoms with Crippen molar-refractivity contribution in [3.63, 3.8) is 0 Å². The molecule has 0 amide bonds. The molecule has 0 bridgehead atoms. The summed E-state index contributed by atoms with van der Waals surface area (Å²) in [6.45, 7) is 7.25. The van der Waals surface area contributed by atoms with E-state index in [2.05, 4.69) is 46.7 Å². The molecule has 4 nitrogen and oxygen atoms in total. The van der Waals surface area contributed by atoms with Crippen molar-refractivity contribution >= 4 is 0 Å². The second-order valence-corrected chi connectivity index (χ2v) is 4.61. The monoisotopic (exact) mass is 244 g/mol. The molecule has 2 aromatic heterocycles. The molecule has 0 spiro atoms. The molecule has 0 aliphatic heterocycles. The van der Waals surface area contributed by atoms with Crippen LogP contribution in [-0.4, -0.2) is 20.6 Å². The van der Waals surface area contributed by atoms with E-state index in [1.165, 1.54) is 5.56 Å². The summed E-state index contributed by atoms with van der Waals surface area (Å²) in [4.78, 5) is 8.59. The molecule has 0 saturated heterocycles. The molecule has 2 heterocycles. The topological polar surface area (TPSA) is 42.7 Å². The lowest BCUT2D eigenvalue weighted by molar-refractivity contribution is 0.587. The van der Waals surface area contributed by atoms with Gasteiger partial charge in [0.25, 0.3) is 0 Å².